The van der Waals surface area contributed by atoms with E-state index >= 15 is 0 Å². The first-order valence-corrected chi connectivity index (χ1v) is 8.32. The summed E-state index contributed by atoms with van der Waals surface area (Å²) in [4.78, 5) is 31.0. The van der Waals surface area contributed by atoms with Crippen molar-refractivity contribution < 1.29 is 14.5 Å². The standard InChI is InChI=1S/C16H22N4O4/c1-24-16(21)12-10-14(20(22)23)15(17-11-12)19-8-6-18(7-9-19)13-4-2-3-5-13/h10-11,13H,2-9H2,1H3. The Bertz CT molecular complexity index is 623. The summed E-state index contributed by atoms with van der Waals surface area (Å²) in [5, 5.41) is 11.4. The van der Waals surface area contributed by atoms with E-state index in [-0.39, 0.29) is 11.3 Å². The Morgan fingerprint density at radius 2 is 1.96 bits per heavy atom. The van der Waals surface area contributed by atoms with Crippen molar-refractivity contribution >= 4 is 17.5 Å². The molecule has 2 fully saturated rings. The maximum absolute atomic E-state index is 11.6. The maximum Gasteiger partial charge on any atom is 0.339 e. The van der Waals surface area contributed by atoms with E-state index < -0.39 is 10.9 Å². The van der Waals surface area contributed by atoms with Crippen molar-refractivity contribution in [3.05, 3.63) is 27.9 Å². The summed E-state index contributed by atoms with van der Waals surface area (Å²) in [5.41, 5.74) is -0.0512. The van der Waals surface area contributed by atoms with Gasteiger partial charge in [0.1, 0.15) is 0 Å². The van der Waals surface area contributed by atoms with Crippen LogP contribution in [0.3, 0.4) is 0 Å². The second-order valence-corrected chi connectivity index (χ2v) is 6.28. The van der Waals surface area contributed by atoms with Crippen molar-refractivity contribution in [2.75, 3.05) is 38.2 Å². The van der Waals surface area contributed by atoms with E-state index in [4.69, 9.17) is 0 Å². The lowest BCUT2D eigenvalue weighted by Gasteiger charge is -2.38. The van der Waals surface area contributed by atoms with Crippen LogP contribution >= 0.6 is 0 Å². The van der Waals surface area contributed by atoms with Crippen molar-refractivity contribution in [2.45, 2.75) is 31.7 Å². The molecule has 0 aromatic carbocycles. The summed E-state index contributed by atoms with van der Waals surface area (Å²) >= 11 is 0. The SMILES string of the molecule is COC(=O)c1cnc(N2CCN(C3CCCC3)CC2)c([N+](=O)[O-])c1. The first-order chi connectivity index (χ1) is 11.6. The number of esters is 1. The summed E-state index contributed by atoms with van der Waals surface area (Å²) < 4.78 is 4.61. The highest BCUT2D eigenvalue weighted by atomic mass is 16.6. The number of carbonyl (C=O) groups is 1. The molecule has 0 amide bonds. The maximum atomic E-state index is 11.6. The number of methoxy groups -OCH3 is 1. The zero-order chi connectivity index (χ0) is 17.1. The van der Waals surface area contributed by atoms with Crippen LogP contribution in [0.25, 0.3) is 0 Å². The van der Waals surface area contributed by atoms with Gasteiger partial charge in [-0.3, -0.25) is 15.0 Å². The van der Waals surface area contributed by atoms with Gasteiger partial charge in [0.15, 0.2) is 0 Å². The van der Waals surface area contributed by atoms with Crippen molar-refractivity contribution in [3.63, 3.8) is 0 Å². The van der Waals surface area contributed by atoms with Gasteiger partial charge < -0.3 is 9.64 Å². The number of hydrogen-bond donors (Lipinski definition) is 0. The normalized spacial score (nSPS) is 19.5. The second-order valence-electron chi connectivity index (χ2n) is 6.28. The average molecular weight is 334 g/mol. The zero-order valence-corrected chi connectivity index (χ0v) is 13.8. The van der Waals surface area contributed by atoms with Gasteiger partial charge in [0.05, 0.1) is 17.6 Å². The van der Waals surface area contributed by atoms with E-state index in [1.54, 1.807) is 0 Å². The molecule has 0 bridgehead atoms. The number of pyridine rings is 1. The minimum atomic E-state index is -0.622. The number of hydrogen-bond acceptors (Lipinski definition) is 7. The number of nitrogens with zero attached hydrogens (tertiary/aromatic N) is 4. The molecule has 0 N–H and O–H groups in total. The van der Waals surface area contributed by atoms with Crippen LogP contribution in [-0.4, -0.2) is 60.1 Å². The third-order valence-electron chi connectivity index (χ3n) is 4.92. The molecule has 1 aliphatic carbocycles. The molecule has 1 saturated heterocycles. The first kappa shape index (κ1) is 16.6. The lowest BCUT2D eigenvalue weighted by Crippen LogP contribution is -2.50. The fourth-order valence-electron chi connectivity index (χ4n) is 3.62. The van der Waals surface area contributed by atoms with Gasteiger partial charge in [-0.05, 0) is 12.8 Å². The third kappa shape index (κ3) is 3.33. The summed E-state index contributed by atoms with van der Waals surface area (Å²) in [7, 11) is 1.24. The van der Waals surface area contributed by atoms with Gasteiger partial charge in [-0.15, -0.1) is 0 Å². The Morgan fingerprint density at radius 1 is 1.29 bits per heavy atom. The van der Waals surface area contributed by atoms with Gasteiger partial charge in [-0.2, -0.15) is 0 Å². The van der Waals surface area contributed by atoms with Gasteiger partial charge in [-0.1, -0.05) is 12.8 Å². The summed E-state index contributed by atoms with van der Waals surface area (Å²) in [5.74, 6) is -0.290. The van der Waals surface area contributed by atoms with Gasteiger partial charge in [-0.25, -0.2) is 9.78 Å². The molecule has 0 unspecified atom stereocenters. The molecule has 3 rings (SSSR count). The Balaban J connectivity index is 1.74. The van der Waals surface area contributed by atoms with E-state index in [0.29, 0.717) is 24.9 Å². The van der Waals surface area contributed by atoms with Crippen LogP contribution in [0.5, 0.6) is 0 Å². The quantitative estimate of drug-likeness (QED) is 0.471. The highest BCUT2D eigenvalue weighted by Crippen LogP contribution is 2.29. The number of ether oxygens (including phenoxy) is 1. The topological polar surface area (TPSA) is 88.8 Å². The predicted molar refractivity (Wildman–Crippen MR) is 88.3 cm³/mol. The van der Waals surface area contributed by atoms with E-state index in [1.165, 1.54) is 45.1 Å². The molecular weight excluding hydrogens is 312 g/mol. The molecule has 1 aromatic heterocycles. The van der Waals surface area contributed by atoms with Crippen LogP contribution in [0.2, 0.25) is 0 Å². The number of anilines is 1. The van der Waals surface area contributed by atoms with Crippen molar-refractivity contribution in [1.82, 2.24) is 9.88 Å². The van der Waals surface area contributed by atoms with E-state index in [0.717, 1.165) is 13.1 Å². The molecule has 1 aromatic rings. The molecule has 8 nitrogen and oxygen atoms in total. The summed E-state index contributed by atoms with van der Waals surface area (Å²) in [6, 6.07) is 1.91. The van der Waals surface area contributed by atoms with Crippen LogP contribution in [0.1, 0.15) is 36.0 Å². The van der Waals surface area contributed by atoms with Crippen molar-refractivity contribution in [1.29, 1.82) is 0 Å². The van der Waals surface area contributed by atoms with Crippen LogP contribution < -0.4 is 4.90 Å². The molecule has 0 atom stereocenters. The van der Waals surface area contributed by atoms with Crippen molar-refractivity contribution in [2.24, 2.45) is 0 Å². The largest absolute Gasteiger partial charge is 0.465 e. The smallest absolute Gasteiger partial charge is 0.339 e. The Morgan fingerprint density at radius 3 is 2.54 bits per heavy atom. The number of rotatable bonds is 4. The second kappa shape index (κ2) is 7.12. The number of carbonyl (C=O) groups excluding carboxylic acids is 1. The zero-order valence-electron chi connectivity index (χ0n) is 13.8. The van der Waals surface area contributed by atoms with E-state index in [2.05, 4.69) is 14.6 Å². The minimum Gasteiger partial charge on any atom is -0.465 e. The van der Waals surface area contributed by atoms with Crippen LogP contribution in [0, 0.1) is 10.1 Å². The Labute approximate surface area is 140 Å². The van der Waals surface area contributed by atoms with Crippen molar-refractivity contribution in [3.8, 4) is 0 Å². The monoisotopic (exact) mass is 334 g/mol. The van der Waals surface area contributed by atoms with E-state index in [9.17, 15) is 14.9 Å². The van der Waals surface area contributed by atoms with E-state index in [1.807, 2.05) is 4.90 Å². The molecule has 8 heteroatoms. The first-order valence-electron chi connectivity index (χ1n) is 8.32. The Kier molecular flexibility index (Phi) is 4.94. The number of piperazine rings is 1. The fourth-order valence-corrected chi connectivity index (χ4v) is 3.62. The molecule has 24 heavy (non-hydrogen) atoms. The lowest BCUT2D eigenvalue weighted by molar-refractivity contribution is -0.384. The third-order valence-corrected chi connectivity index (χ3v) is 4.92. The van der Waals surface area contributed by atoms with Gasteiger partial charge in [0.25, 0.3) is 0 Å². The molecular formula is C16H22N4O4. The molecule has 0 radical (unpaired) electrons. The lowest BCUT2D eigenvalue weighted by atomic mass is 10.1. The average Bonchev–Trinajstić information content (AvgIpc) is 3.15. The molecule has 0 spiro atoms. The highest BCUT2D eigenvalue weighted by Gasteiger charge is 2.30. The van der Waals surface area contributed by atoms with Crippen LogP contribution in [-0.2, 0) is 4.74 Å². The molecule has 1 aliphatic heterocycles. The summed E-state index contributed by atoms with van der Waals surface area (Å²) in [6.45, 7) is 3.20. The highest BCUT2D eigenvalue weighted by molar-refractivity contribution is 5.90. The van der Waals surface area contributed by atoms with Gasteiger partial charge >= 0.3 is 11.7 Å². The van der Waals surface area contributed by atoms with Crippen LogP contribution in [0.4, 0.5) is 11.5 Å². The number of aromatic nitrogens is 1. The summed E-state index contributed by atoms with van der Waals surface area (Å²) in [6.07, 6.45) is 6.45. The van der Waals surface area contributed by atoms with Gasteiger partial charge in [0, 0.05) is 44.5 Å². The predicted octanol–water partition coefficient (Wildman–Crippen LogP) is 1.84. The van der Waals surface area contributed by atoms with Crippen LogP contribution in [0.15, 0.2) is 12.3 Å². The molecule has 130 valence electrons. The number of nitro groups is 1. The molecule has 1 saturated carbocycles. The minimum absolute atomic E-state index is 0.0949. The molecule has 2 aliphatic rings. The molecule has 2 heterocycles. The van der Waals surface area contributed by atoms with Gasteiger partial charge in [0.2, 0.25) is 5.82 Å². The fraction of sp³-hybridized carbons (Fsp3) is 0.625. The Hall–Kier alpha value is -2.22.